The number of aromatic nitrogens is 2. The Labute approximate surface area is 169 Å². The fraction of sp³-hybridized carbons (Fsp3) is 0.476. The minimum Gasteiger partial charge on any atom is -0.352 e. The lowest BCUT2D eigenvalue weighted by Crippen LogP contribution is -2.51. The van der Waals surface area contributed by atoms with Crippen molar-refractivity contribution in [2.75, 3.05) is 32.7 Å². The predicted molar refractivity (Wildman–Crippen MR) is 106 cm³/mol. The molecule has 2 amide bonds. The Bertz CT molecular complexity index is 883. The van der Waals surface area contributed by atoms with Gasteiger partial charge in [0.15, 0.2) is 0 Å². The first kappa shape index (κ1) is 19.6. The summed E-state index contributed by atoms with van der Waals surface area (Å²) in [5.41, 5.74) is 2.12. The molecule has 0 bridgehead atoms. The molecule has 154 valence electrons. The molecule has 1 aromatic carbocycles. The number of carbonyl (C=O) groups is 2. The number of piperazine rings is 1. The molecule has 0 atom stereocenters. The summed E-state index contributed by atoms with van der Waals surface area (Å²) in [6.45, 7) is 4.89. The number of halogens is 1. The fourth-order valence-corrected chi connectivity index (χ4v) is 3.68. The van der Waals surface area contributed by atoms with Gasteiger partial charge in [-0.15, -0.1) is 0 Å². The van der Waals surface area contributed by atoms with E-state index in [-0.39, 0.29) is 17.6 Å². The smallest absolute Gasteiger partial charge is 0.257 e. The third kappa shape index (κ3) is 4.48. The molecule has 1 N–H and O–H groups in total. The molecular weight excluding hydrogens is 373 g/mol. The van der Waals surface area contributed by atoms with Crippen LogP contribution < -0.4 is 5.32 Å². The average molecular weight is 399 g/mol. The number of hydrogen-bond donors (Lipinski definition) is 1. The highest BCUT2D eigenvalue weighted by atomic mass is 19.1. The summed E-state index contributed by atoms with van der Waals surface area (Å²) < 4.78 is 14.9. The quantitative estimate of drug-likeness (QED) is 0.801. The van der Waals surface area contributed by atoms with Crippen LogP contribution in [0.15, 0.2) is 30.5 Å². The molecule has 1 saturated carbocycles. The third-order valence-corrected chi connectivity index (χ3v) is 5.47. The minimum absolute atomic E-state index is 0.0442. The van der Waals surface area contributed by atoms with Crippen LogP contribution in [0.25, 0.3) is 5.69 Å². The summed E-state index contributed by atoms with van der Waals surface area (Å²) in [6.07, 6.45) is 4.40. The molecule has 2 fully saturated rings. The Morgan fingerprint density at radius 2 is 1.83 bits per heavy atom. The first-order valence-corrected chi connectivity index (χ1v) is 10.2. The number of nitrogens with zero attached hydrogens (tertiary/aromatic N) is 4. The number of benzene rings is 1. The number of hydrogen-bond acceptors (Lipinski definition) is 4. The van der Waals surface area contributed by atoms with Crippen molar-refractivity contribution in [2.24, 2.45) is 0 Å². The fourth-order valence-electron chi connectivity index (χ4n) is 3.68. The Kier molecular flexibility index (Phi) is 5.62. The highest BCUT2D eigenvalue weighted by Crippen LogP contribution is 2.20. The second-order valence-corrected chi connectivity index (χ2v) is 7.66. The molecule has 0 spiro atoms. The van der Waals surface area contributed by atoms with Gasteiger partial charge in [-0.1, -0.05) is 6.92 Å². The Balaban J connectivity index is 1.39. The largest absolute Gasteiger partial charge is 0.352 e. The maximum absolute atomic E-state index is 13.2. The van der Waals surface area contributed by atoms with Crippen molar-refractivity contribution in [1.82, 2.24) is 24.9 Å². The molecule has 2 heterocycles. The molecule has 1 aliphatic heterocycles. The van der Waals surface area contributed by atoms with Crippen molar-refractivity contribution in [1.29, 1.82) is 0 Å². The minimum atomic E-state index is -0.307. The lowest BCUT2D eigenvalue weighted by Gasteiger charge is -2.34. The lowest BCUT2D eigenvalue weighted by molar-refractivity contribution is -0.122. The van der Waals surface area contributed by atoms with Gasteiger partial charge in [-0.3, -0.25) is 14.5 Å². The van der Waals surface area contributed by atoms with Crippen LogP contribution in [0.3, 0.4) is 0 Å². The van der Waals surface area contributed by atoms with E-state index < -0.39 is 0 Å². The number of amides is 2. The van der Waals surface area contributed by atoms with E-state index in [4.69, 9.17) is 0 Å². The SMILES string of the molecule is CCc1c(C(=O)N2CCN(CC(=O)NC3CC3)CC2)cnn1-c1ccc(F)cc1. The van der Waals surface area contributed by atoms with E-state index in [1.54, 1.807) is 23.0 Å². The van der Waals surface area contributed by atoms with Gasteiger partial charge in [-0.05, 0) is 43.5 Å². The van der Waals surface area contributed by atoms with Crippen LogP contribution in [0.1, 0.15) is 35.8 Å². The zero-order valence-electron chi connectivity index (χ0n) is 16.6. The van der Waals surface area contributed by atoms with Gasteiger partial charge in [0.25, 0.3) is 5.91 Å². The summed E-state index contributed by atoms with van der Waals surface area (Å²) in [5, 5.41) is 7.38. The van der Waals surface area contributed by atoms with Gasteiger partial charge < -0.3 is 10.2 Å². The van der Waals surface area contributed by atoms with Crippen molar-refractivity contribution in [3.8, 4) is 5.69 Å². The van der Waals surface area contributed by atoms with Crippen molar-refractivity contribution >= 4 is 11.8 Å². The van der Waals surface area contributed by atoms with E-state index in [1.165, 1.54) is 12.1 Å². The summed E-state index contributed by atoms with van der Waals surface area (Å²) in [5.74, 6) is -0.280. The van der Waals surface area contributed by atoms with Crippen LogP contribution in [-0.4, -0.2) is 70.2 Å². The van der Waals surface area contributed by atoms with Crippen LogP contribution in [0, 0.1) is 5.82 Å². The number of rotatable bonds is 6. The molecule has 8 heteroatoms. The summed E-state index contributed by atoms with van der Waals surface area (Å²) in [6, 6.07) is 6.45. The molecular formula is C21H26FN5O2. The van der Waals surface area contributed by atoms with Crippen LogP contribution >= 0.6 is 0 Å². The van der Waals surface area contributed by atoms with Gasteiger partial charge in [0.05, 0.1) is 29.7 Å². The van der Waals surface area contributed by atoms with Gasteiger partial charge in [0.2, 0.25) is 5.91 Å². The predicted octanol–water partition coefficient (Wildman–Crippen LogP) is 1.61. The molecule has 2 aliphatic rings. The Morgan fingerprint density at radius 3 is 2.45 bits per heavy atom. The van der Waals surface area contributed by atoms with Crippen LogP contribution in [-0.2, 0) is 11.2 Å². The van der Waals surface area contributed by atoms with Gasteiger partial charge in [-0.25, -0.2) is 9.07 Å². The molecule has 0 unspecified atom stereocenters. The van der Waals surface area contributed by atoms with Crippen molar-refractivity contribution in [3.05, 3.63) is 47.5 Å². The monoisotopic (exact) mass is 399 g/mol. The second kappa shape index (κ2) is 8.32. The summed E-state index contributed by atoms with van der Waals surface area (Å²) in [7, 11) is 0. The highest BCUT2D eigenvalue weighted by Gasteiger charge is 2.28. The molecule has 1 aliphatic carbocycles. The third-order valence-electron chi connectivity index (χ3n) is 5.47. The van der Waals surface area contributed by atoms with E-state index in [0.29, 0.717) is 50.7 Å². The summed E-state index contributed by atoms with van der Waals surface area (Å²) in [4.78, 5) is 29.0. The molecule has 2 aromatic rings. The zero-order chi connectivity index (χ0) is 20.4. The molecule has 1 saturated heterocycles. The second-order valence-electron chi connectivity index (χ2n) is 7.66. The van der Waals surface area contributed by atoms with Crippen LogP contribution in [0.5, 0.6) is 0 Å². The topological polar surface area (TPSA) is 70.5 Å². The van der Waals surface area contributed by atoms with E-state index in [0.717, 1.165) is 24.2 Å². The maximum atomic E-state index is 13.2. The van der Waals surface area contributed by atoms with Crippen LogP contribution in [0.4, 0.5) is 4.39 Å². The summed E-state index contributed by atoms with van der Waals surface area (Å²) >= 11 is 0. The van der Waals surface area contributed by atoms with Crippen molar-refractivity contribution < 1.29 is 14.0 Å². The van der Waals surface area contributed by atoms with E-state index >= 15 is 0 Å². The van der Waals surface area contributed by atoms with Crippen LogP contribution in [0.2, 0.25) is 0 Å². The van der Waals surface area contributed by atoms with Crippen molar-refractivity contribution in [2.45, 2.75) is 32.2 Å². The van der Waals surface area contributed by atoms with Gasteiger partial charge in [-0.2, -0.15) is 5.10 Å². The van der Waals surface area contributed by atoms with Gasteiger partial charge in [0.1, 0.15) is 5.82 Å². The Hall–Kier alpha value is -2.74. The van der Waals surface area contributed by atoms with Crippen molar-refractivity contribution in [3.63, 3.8) is 0 Å². The van der Waals surface area contributed by atoms with Gasteiger partial charge in [0, 0.05) is 32.2 Å². The Morgan fingerprint density at radius 1 is 1.14 bits per heavy atom. The first-order chi connectivity index (χ1) is 14.0. The zero-order valence-corrected chi connectivity index (χ0v) is 16.6. The number of nitrogens with one attached hydrogen (secondary N) is 1. The first-order valence-electron chi connectivity index (χ1n) is 10.2. The molecule has 1 aromatic heterocycles. The van der Waals surface area contributed by atoms with E-state index in [1.807, 2.05) is 11.8 Å². The lowest BCUT2D eigenvalue weighted by atomic mass is 10.1. The number of carbonyl (C=O) groups excluding carboxylic acids is 2. The molecule has 7 nitrogen and oxygen atoms in total. The molecule has 0 radical (unpaired) electrons. The maximum Gasteiger partial charge on any atom is 0.257 e. The normalized spacial score (nSPS) is 17.4. The molecule has 4 rings (SSSR count). The highest BCUT2D eigenvalue weighted by molar-refractivity contribution is 5.95. The van der Waals surface area contributed by atoms with E-state index in [9.17, 15) is 14.0 Å². The average Bonchev–Trinajstić information content (AvgIpc) is 3.43. The molecule has 29 heavy (non-hydrogen) atoms. The van der Waals surface area contributed by atoms with E-state index in [2.05, 4.69) is 15.3 Å². The standard InChI is InChI=1S/C21H26FN5O2/c1-2-19-18(13-23-27(19)17-7-3-15(22)4-8-17)21(29)26-11-9-25(10-12-26)14-20(28)24-16-5-6-16/h3-4,7-8,13,16H,2,5-6,9-12,14H2,1H3,(H,24,28). The van der Waals surface area contributed by atoms with Gasteiger partial charge >= 0.3 is 0 Å².